The molecule has 0 amide bonds. The minimum atomic E-state index is -0.655. The Morgan fingerprint density at radius 3 is 2.75 bits per heavy atom. The molecule has 0 unspecified atom stereocenters. The highest BCUT2D eigenvalue weighted by Crippen LogP contribution is 2.30. The molecule has 0 aromatic heterocycles. The molecule has 1 atom stereocenters. The molecule has 0 aliphatic rings. The van der Waals surface area contributed by atoms with Crippen LogP contribution in [0, 0.1) is 0 Å². The summed E-state index contributed by atoms with van der Waals surface area (Å²) >= 11 is 3.40. The van der Waals surface area contributed by atoms with Gasteiger partial charge in [-0.3, -0.25) is 0 Å². The standard InChI is InChI=1S/C15H21BrO4/c1-4-6-9-19-12-7-8-13(16)14(10-12)20-11(3)15(17)18-5-2/h7-8,10-11H,4-6,9H2,1-3H3/t11-/m1/s1. The molecule has 1 aromatic rings. The van der Waals surface area contributed by atoms with E-state index in [1.807, 2.05) is 12.1 Å². The van der Waals surface area contributed by atoms with Gasteiger partial charge in [0.05, 0.1) is 17.7 Å². The lowest BCUT2D eigenvalue weighted by Gasteiger charge is -2.15. The number of unbranched alkanes of at least 4 members (excludes halogenated alkanes) is 1. The van der Waals surface area contributed by atoms with Gasteiger partial charge in [-0.2, -0.15) is 0 Å². The van der Waals surface area contributed by atoms with Crippen molar-refractivity contribution in [1.29, 1.82) is 0 Å². The molecule has 0 saturated heterocycles. The van der Waals surface area contributed by atoms with Gasteiger partial charge < -0.3 is 14.2 Å². The Balaban J connectivity index is 2.68. The molecule has 1 aromatic carbocycles. The van der Waals surface area contributed by atoms with Crippen LogP contribution < -0.4 is 9.47 Å². The van der Waals surface area contributed by atoms with Crippen LogP contribution in [0.4, 0.5) is 0 Å². The Morgan fingerprint density at radius 2 is 2.10 bits per heavy atom. The molecule has 0 bridgehead atoms. The van der Waals surface area contributed by atoms with E-state index in [9.17, 15) is 4.79 Å². The number of rotatable bonds is 8. The van der Waals surface area contributed by atoms with Gasteiger partial charge in [0, 0.05) is 6.07 Å². The van der Waals surface area contributed by atoms with Crippen LogP contribution in [0.5, 0.6) is 11.5 Å². The summed E-state index contributed by atoms with van der Waals surface area (Å²) in [7, 11) is 0. The third-order valence-electron chi connectivity index (χ3n) is 2.59. The van der Waals surface area contributed by atoms with Crippen molar-refractivity contribution in [2.45, 2.75) is 39.7 Å². The predicted octanol–water partition coefficient (Wildman–Crippen LogP) is 3.96. The number of esters is 1. The zero-order chi connectivity index (χ0) is 15.0. The maximum atomic E-state index is 11.6. The van der Waals surface area contributed by atoms with E-state index in [1.54, 1.807) is 19.9 Å². The van der Waals surface area contributed by atoms with Crippen LogP contribution in [0.15, 0.2) is 22.7 Å². The van der Waals surface area contributed by atoms with Crippen LogP contribution in [-0.2, 0) is 9.53 Å². The van der Waals surface area contributed by atoms with E-state index in [1.165, 1.54) is 0 Å². The Bertz CT molecular complexity index is 434. The van der Waals surface area contributed by atoms with Crippen molar-refractivity contribution in [2.24, 2.45) is 0 Å². The van der Waals surface area contributed by atoms with Crippen LogP contribution >= 0.6 is 15.9 Å². The van der Waals surface area contributed by atoms with E-state index in [4.69, 9.17) is 14.2 Å². The van der Waals surface area contributed by atoms with Crippen LogP contribution in [0.3, 0.4) is 0 Å². The zero-order valence-electron chi connectivity index (χ0n) is 12.1. The first kappa shape index (κ1) is 16.8. The molecular weight excluding hydrogens is 324 g/mol. The van der Waals surface area contributed by atoms with Crippen molar-refractivity contribution in [3.63, 3.8) is 0 Å². The summed E-state index contributed by atoms with van der Waals surface area (Å²) in [5.74, 6) is 0.920. The van der Waals surface area contributed by atoms with Crippen molar-refractivity contribution in [3.8, 4) is 11.5 Å². The van der Waals surface area contributed by atoms with Crippen molar-refractivity contribution in [3.05, 3.63) is 22.7 Å². The molecule has 112 valence electrons. The van der Waals surface area contributed by atoms with E-state index >= 15 is 0 Å². The highest BCUT2D eigenvalue weighted by molar-refractivity contribution is 9.10. The van der Waals surface area contributed by atoms with E-state index in [-0.39, 0.29) is 5.97 Å². The molecular formula is C15H21BrO4. The maximum Gasteiger partial charge on any atom is 0.347 e. The minimum Gasteiger partial charge on any atom is -0.493 e. The van der Waals surface area contributed by atoms with Gasteiger partial charge in [0.15, 0.2) is 6.10 Å². The highest BCUT2D eigenvalue weighted by Gasteiger charge is 2.17. The molecule has 0 spiro atoms. The largest absolute Gasteiger partial charge is 0.493 e. The number of hydrogen-bond donors (Lipinski definition) is 0. The van der Waals surface area contributed by atoms with Gasteiger partial charge in [-0.1, -0.05) is 13.3 Å². The number of hydrogen-bond acceptors (Lipinski definition) is 4. The smallest absolute Gasteiger partial charge is 0.347 e. The summed E-state index contributed by atoms with van der Waals surface area (Å²) in [4.78, 5) is 11.6. The Kier molecular flexibility index (Phi) is 7.44. The van der Waals surface area contributed by atoms with Gasteiger partial charge in [-0.25, -0.2) is 4.79 Å². The zero-order valence-corrected chi connectivity index (χ0v) is 13.7. The lowest BCUT2D eigenvalue weighted by molar-refractivity contribution is -0.150. The summed E-state index contributed by atoms with van der Waals surface area (Å²) in [6.45, 7) is 6.55. The number of halogens is 1. The molecule has 0 saturated carbocycles. The van der Waals surface area contributed by atoms with E-state index in [0.29, 0.717) is 19.0 Å². The molecule has 0 N–H and O–H groups in total. The van der Waals surface area contributed by atoms with E-state index < -0.39 is 6.10 Å². The minimum absolute atomic E-state index is 0.341. The van der Waals surface area contributed by atoms with Gasteiger partial charge >= 0.3 is 5.97 Å². The first-order chi connectivity index (χ1) is 9.58. The molecule has 0 aliphatic heterocycles. The van der Waals surface area contributed by atoms with Gasteiger partial charge in [0.25, 0.3) is 0 Å². The number of benzene rings is 1. The number of carbonyl (C=O) groups is 1. The predicted molar refractivity (Wildman–Crippen MR) is 81.3 cm³/mol. The van der Waals surface area contributed by atoms with Crippen molar-refractivity contribution >= 4 is 21.9 Å². The maximum absolute atomic E-state index is 11.6. The van der Waals surface area contributed by atoms with Crippen molar-refractivity contribution in [2.75, 3.05) is 13.2 Å². The fourth-order valence-corrected chi connectivity index (χ4v) is 1.84. The topological polar surface area (TPSA) is 44.8 Å². The van der Waals surface area contributed by atoms with Gasteiger partial charge in [0.1, 0.15) is 11.5 Å². The van der Waals surface area contributed by atoms with Gasteiger partial charge in [-0.05, 0) is 48.3 Å². The van der Waals surface area contributed by atoms with Crippen LogP contribution in [-0.4, -0.2) is 25.3 Å². The SMILES string of the molecule is CCCCOc1ccc(Br)c(O[C@H](C)C(=O)OCC)c1. The average molecular weight is 345 g/mol. The summed E-state index contributed by atoms with van der Waals surface area (Å²) < 4.78 is 16.9. The third kappa shape index (κ3) is 5.41. The Morgan fingerprint density at radius 1 is 1.35 bits per heavy atom. The molecule has 4 nitrogen and oxygen atoms in total. The molecule has 0 aliphatic carbocycles. The van der Waals surface area contributed by atoms with Crippen LogP contribution in [0.2, 0.25) is 0 Å². The van der Waals surface area contributed by atoms with Crippen molar-refractivity contribution in [1.82, 2.24) is 0 Å². The summed E-state index contributed by atoms with van der Waals surface area (Å²) in [5, 5.41) is 0. The van der Waals surface area contributed by atoms with Crippen molar-refractivity contribution < 1.29 is 19.0 Å². The van der Waals surface area contributed by atoms with E-state index in [2.05, 4.69) is 22.9 Å². The Hall–Kier alpha value is -1.23. The van der Waals surface area contributed by atoms with Gasteiger partial charge in [-0.15, -0.1) is 0 Å². The summed E-state index contributed by atoms with van der Waals surface area (Å²) in [6.07, 6.45) is 1.43. The third-order valence-corrected chi connectivity index (χ3v) is 3.25. The fourth-order valence-electron chi connectivity index (χ4n) is 1.50. The first-order valence-corrected chi connectivity index (χ1v) is 7.63. The number of carbonyl (C=O) groups excluding carboxylic acids is 1. The summed E-state index contributed by atoms with van der Waals surface area (Å²) in [6, 6.07) is 5.48. The molecule has 1 rings (SSSR count). The van der Waals surface area contributed by atoms with Crippen LogP contribution in [0.25, 0.3) is 0 Å². The van der Waals surface area contributed by atoms with Gasteiger partial charge in [0.2, 0.25) is 0 Å². The normalized spacial score (nSPS) is 11.8. The lowest BCUT2D eigenvalue weighted by Crippen LogP contribution is -2.26. The number of ether oxygens (including phenoxy) is 3. The molecule has 5 heteroatoms. The quantitative estimate of drug-likeness (QED) is 0.528. The molecule has 20 heavy (non-hydrogen) atoms. The highest BCUT2D eigenvalue weighted by atomic mass is 79.9. The second-order valence-electron chi connectivity index (χ2n) is 4.31. The monoisotopic (exact) mass is 344 g/mol. The van der Waals surface area contributed by atoms with Crippen LogP contribution in [0.1, 0.15) is 33.6 Å². The first-order valence-electron chi connectivity index (χ1n) is 6.84. The second kappa shape index (κ2) is 8.84. The van der Waals surface area contributed by atoms with E-state index in [0.717, 1.165) is 23.1 Å². The average Bonchev–Trinajstić information content (AvgIpc) is 2.42. The second-order valence-corrected chi connectivity index (χ2v) is 5.16. The summed E-state index contributed by atoms with van der Waals surface area (Å²) in [5.41, 5.74) is 0. The molecule has 0 fully saturated rings. The lowest BCUT2D eigenvalue weighted by atomic mass is 10.3. The molecule has 0 radical (unpaired) electrons. The molecule has 0 heterocycles. The Labute approximate surface area is 128 Å². The fraction of sp³-hybridized carbons (Fsp3) is 0.533.